The molecule has 2 saturated heterocycles. The largest absolute Gasteiger partial charge is 0.481 e. The monoisotopic (exact) mass is 227 g/mol. The molecule has 2 aliphatic rings. The van der Waals surface area contributed by atoms with Crippen molar-refractivity contribution >= 4 is 11.9 Å². The van der Waals surface area contributed by atoms with E-state index in [1.54, 1.807) is 11.8 Å². The fourth-order valence-corrected chi connectivity index (χ4v) is 2.49. The Balaban J connectivity index is 1.98. The summed E-state index contributed by atoms with van der Waals surface area (Å²) in [4.78, 5) is 24.3. The highest BCUT2D eigenvalue weighted by molar-refractivity contribution is 5.86. The highest BCUT2D eigenvalue weighted by atomic mass is 16.5. The zero-order valence-electron chi connectivity index (χ0n) is 9.39. The molecule has 5 nitrogen and oxygen atoms in total. The van der Waals surface area contributed by atoms with Crippen molar-refractivity contribution in [2.45, 2.75) is 38.3 Å². The Labute approximate surface area is 94.4 Å². The molecule has 1 unspecified atom stereocenters. The first kappa shape index (κ1) is 11.4. The van der Waals surface area contributed by atoms with Gasteiger partial charge in [-0.25, -0.2) is 0 Å². The summed E-state index contributed by atoms with van der Waals surface area (Å²) >= 11 is 0. The Morgan fingerprint density at radius 2 is 2.38 bits per heavy atom. The third-order valence-corrected chi connectivity index (χ3v) is 3.53. The number of nitrogens with zero attached hydrogens (tertiary/aromatic N) is 1. The van der Waals surface area contributed by atoms with Crippen LogP contribution in [0.1, 0.15) is 26.2 Å². The molecule has 3 atom stereocenters. The molecule has 0 aromatic rings. The number of carboxylic acid groups (broad SMARTS) is 1. The van der Waals surface area contributed by atoms with E-state index in [-0.39, 0.29) is 24.5 Å². The maximum Gasteiger partial charge on any atom is 0.309 e. The molecule has 0 bridgehead atoms. The lowest BCUT2D eigenvalue weighted by atomic mass is 10.0. The number of rotatable bonds is 3. The van der Waals surface area contributed by atoms with Crippen LogP contribution in [0, 0.1) is 5.92 Å². The van der Waals surface area contributed by atoms with Crippen molar-refractivity contribution in [3.63, 3.8) is 0 Å². The smallest absolute Gasteiger partial charge is 0.309 e. The molecule has 0 aromatic carbocycles. The number of carbonyl (C=O) groups excluding carboxylic acids is 1. The molecule has 90 valence electrons. The first-order valence-electron chi connectivity index (χ1n) is 5.73. The van der Waals surface area contributed by atoms with E-state index in [0.717, 1.165) is 19.4 Å². The third kappa shape index (κ3) is 2.04. The van der Waals surface area contributed by atoms with Crippen LogP contribution in [0.5, 0.6) is 0 Å². The summed E-state index contributed by atoms with van der Waals surface area (Å²) < 4.78 is 5.47. The maximum atomic E-state index is 11.7. The summed E-state index contributed by atoms with van der Waals surface area (Å²) in [6.07, 6.45) is 2.22. The van der Waals surface area contributed by atoms with Crippen LogP contribution in [0.2, 0.25) is 0 Å². The number of likely N-dealkylation sites (tertiary alicyclic amines) is 1. The van der Waals surface area contributed by atoms with E-state index in [9.17, 15) is 9.59 Å². The van der Waals surface area contributed by atoms with Gasteiger partial charge in [0, 0.05) is 25.6 Å². The van der Waals surface area contributed by atoms with Gasteiger partial charge in [0.25, 0.3) is 0 Å². The Hall–Kier alpha value is -1.10. The van der Waals surface area contributed by atoms with Gasteiger partial charge in [-0.05, 0) is 19.8 Å². The summed E-state index contributed by atoms with van der Waals surface area (Å²) in [6, 6.07) is -0.214. The third-order valence-electron chi connectivity index (χ3n) is 3.53. The molecular formula is C11H17NO4. The van der Waals surface area contributed by atoms with Crippen molar-refractivity contribution in [2.24, 2.45) is 5.92 Å². The van der Waals surface area contributed by atoms with E-state index in [4.69, 9.17) is 9.84 Å². The summed E-state index contributed by atoms with van der Waals surface area (Å²) in [7, 11) is 0. The van der Waals surface area contributed by atoms with E-state index in [0.29, 0.717) is 6.54 Å². The van der Waals surface area contributed by atoms with Gasteiger partial charge in [0.05, 0.1) is 12.0 Å². The molecule has 1 amide bonds. The molecule has 0 aliphatic carbocycles. The lowest BCUT2D eigenvalue weighted by Crippen LogP contribution is -2.39. The predicted octanol–water partition coefficient (Wildman–Crippen LogP) is 0.487. The normalized spacial score (nSPS) is 34.7. The molecule has 1 N–H and O–H groups in total. The van der Waals surface area contributed by atoms with Crippen LogP contribution < -0.4 is 0 Å². The van der Waals surface area contributed by atoms with Gasteiger partial charge in [-0.3, -0.25) is 9.59 Å². The molecule has 16 heavy (non-hydrogen) atoms. The van der Waals surface area contributed by atoms with Crippen LogP contribution in [0.4, 0.5) is 0 Å². The first-order valence-corrected chi connectivity index (χ1v) is 5.73. The van der Waals surface area contributed by atoms with Crippen LogP contribution >= 0.6 is 0 Å². The SMILES string of the molecule is C[C@@H]1[C@@H](C(=O)O)CC(=O)N1CC1CCCO1. The second-order valence-electron chi connectivity index (χ2n) is 4.57. The van der Waals surface area contributed by atoms with Gasteiger partial charge in [-0.1, -0.05) is 0 Å². The second kappa shape index (κ2) is 4.41. The minimum atomic E-state index is -0.879. The van der Waals surface area contributed by atoms with Gasteiger partial charge < -0.3 is 14.7 Å². The summed E-state index contributed by atoms with van der Waals surface area (Å²) in [5.41, 5.74) is 0. The maximum absolute atomic E-state index is 11.7. The molecule has 2 aliphatic heterocycles. The van der Waals surface area contributed by atoms with Gasteiger partial charge in [-0.15, -0.1) is 0 Å². The lowest BCUT2D eigenvalue weighted by Gasteiger charge is -2.25. The van der Waals surface area contributed by atoms with Crippen LogP contribution in [0.15, 0.2) is 0 Å². The Bertz CT molecular complexity index is 298. The molecule has 0 saturated carbocycles. The van der Waals surface area contributed by atoms with Crippen LogP contribution in [0.25, 0.3) is 0 Å². The zero-order valence-corrected chi connectivity index (χ0v) is 9.39. The van der Waals surface area contributed by atoms with Crippen molar-refractivity contribution in [1.29, 1.82) is 0 Å². The second-order valence-corrected chi connectivity index (χ2v) is 4.57. The number of hydrogen-bond donors (Lipinski definition) is 1. The van der Waals surface area contributed by atoms with Crippen molar-refractivity contribution in [2.75, 3.05) is 13.2 Å². The molecular weight excluding hydrogens is 210 g/mol. The Morgan fingerprint density at radius 1 is 1.62 bits per heavy atom. The van der Waals surface area contributed by atoms with Gasteiger partial charge >= 0.3 is 5.97 Å². The van der Waals surface area contributed by atoms with E-state index < -0.39 is 11.9 Å². The number of ether oxygens (including phenoxy) is 1. The highest BCUT2D eigenvalue weighted by Crippen LogP contribution is 2.27. The number of carbonyl (C=O) groups is 2. The van der Waals surface area contributed by atoms with Crippen LogP contribution in [0.3, 0.4) is 0 Å². The fourth-order valence-electron chi connectivity index (χ4n) is 2.49. The first-order chi connectivity index (χ1) is 7.59. The molecule has 0 radical (unpaired) electrons. The van der Waals surface area contributed by atoms with E-state index in [1.807, 2.05) is 0 Å². The average Bonchev–Trinajstić information content (AvgIpc) is 2.81. The number of amides is 1. The van der Waals surface area contributed by atoms with Gasteiger partial charge in [0.15, 0.2) is 0 Å². The van der Waals surface area contributed by atoms with E-state index >= 15 is 0 Å². The molecule has 5 heteroatoms. The zero-order chi connectivity index (χ0) is 11.7. The topological polar surface area (TPSA) is 66.8 Å². The minimum Gasteiger partial charge on any atom is -0.481 e. The molecule has 2 rings (SSSR count). The lowest BCUT2D eigenvalue weighted by molar-refractivity contribution is -0.142. The molecule has 2 fully saturated rings. The van der Waals surface area contributed by atoms with Crippen molar-refractivity contribution in [1.82, 2.24) is 4.90 Å². The molecule has 0 spiro atoms. The van der Waals surface area contributed by atoms with Crippen molar-refractivity contribution in [3.8, 4) is 0 Å². The Morgan fingerprint density at radius 3 is 2.88 bits per heavy atom. The predicted molar refractivity (Wildman–Crippen MR) is 55.9 cm³/mol. The highest BCUT2D eigenvalue weighted by Gasteiger charge is 2.41. The van der Waals surface area contributed by atoms with Gasteiger partial charge in [-0.2, -0.15) is 0 Å². The summed E-state index contributed by atoms with van der Waals surface area (Å²) in [5.74, 6) is -1.50. The Kier molecular flexibility index (Phi) is 3.14. The van der Waals surface area contributed by atoms with Gasteiger partial charge in [0.2, 0.25) is 5.91 Å². The van der Waals surface area contributed by atoms with Crippen molar-refractivity contribution in [3.05, 3.63) is 0 Å². The number of aliphatic carboxylic acids is 1. The number of hydrogen-bond acceptors (Lipinski definition) is 3. The van der Waals surface area contributed by atoms with Crippen LogP contribution in [-0.4, -0.2) is 47.2 Å². The average molecular weight is 227 g/mol. The molecule has 0 aromatic heterocycles. The summed E-state index contributed by atoms with van der Waals surface area (Å²) in [5, 5.41) is 8.97. The van der Waals surface area contributed by atoms with E-state index in [2.05, 4.69) is 0 Å². The van der Waals surface area contributed by atoms with Crippen molar-refractivity contribution < 1.29 is 19.4 Å². The van der Waals surface area contributed by atoms with Gasteiger partial charge in [0.1, 0.15) is 0 Å². The fraction of sp³-hybridized carbons (Fsp3) is 0.818. The standard InChI is InChI=1S/C11H17NO4/c1-7-9(11(14)15)5-10(13)12(7)6-8-3-2-4-16-8/h7-9H,2-6H2,1H3,(H,14,15)/t7-,8?,9+/m1/s1. The van der Waals surface area contributed by atoms with Crippen LogP contribution in [-0.2, 0) is 14.3 Å². The quantitative estimate of drug-likeness (QED) is 0.761. The minimum absolute atomic E-state index is 0.0598. The molecule has 2 heterocycles. The number of carboxylic acids is 1. The van der Waals surface area contributed by atoms with E-state index in [1.165, 1.54) is 0 Å². The summed E-state index contributed by atoms with van der Waals surface area (Å²) in [6.45, 7) is 3.10.